The largest absolute Gasteiger partial charge is 0.496 e. The Kier molecular flexibility index (Phi) is 9.32. The molecule has 12 heteroatoms. The van der Waals surface area contributed by atoms with Gasteiger partial charge in [-0.3, -0.25) is 19.4 Å². The monoisotopic (exact) mass is 616 g/mol. The van der Waals surface area contributed by atoms with E-state index < -0.39 is 5.91 Å². The Morgan fingerprint density at radius 3 is 2.64 bits per heavy atom. The van der Waals surface area contributed by atoms with Crippen LogP contribution in [0.15, 0.2) is 96.7 Å². The third kappa shape index (κ3) is 6.88. The van der Waals surface area contributed by atoms with Crippen molar-refractivity contribution >= 4 is 51.7 Å². The third-order valence-electron chi connectivity index (χ3n) is 5.87. The number of hydrogen-bond acceptors (Lipinski definition) is 10. The molecular formula is C30H25ClN6O3S2. The Bertz CT molecular complexity index is 1700. The van der Waals surface area contributed by atoms with Crippen LogP contribution in [-0.2, 0) is 6.61 Å². The van der Waals surface area contributed by atoms with Crippen molar-refractivity contribution in [1.29, 1.82) is 0 Å². The molecule has 212 valence electrons. The predicted molar refractivity (Wildman–Crippen MR) is 167 cm³/mol. The average Bonchev–Trinajstić information content (AvgIpc) is 3.47. The molecular weight excluding hydrogens is 592 g/mol. The highest BCUT2D eigenvalue weighted by molar-refractivity contribution is 8.00. The van der Waals surface area contributed by atoms with Crippen LogP contribution >= 0.6 is 34.9 Å². The molecule has 2 aromatic carbocycles. The molecule has 5 aromatic rings. The number of carbonyl (C=O) groups is 1. The number of methoxy groups -OCH3 is 1. The number of nitrogens with zero attached hydrogens (tertiary/aromatic N) is 5. The Morgan fingerprint density at radius 2 is 1.90 bits per heavy atom. The van der Waals surface area contributed by atoms with E-state index in [1.54, 1.807) is 37.7 Å². The van der Waals surface area contributed by atoms with Gasteiger partial charge in [-0.1, -0.05) is 53.6 Å². The maximum absolute atomic E-state index is 13.7. The molecule has 3 heterocycles. The SMILES string of the molecule is C=CN(Sc1ccccc1)c1nc(-c2ccccc2OC)c(C(=O)Nc2nnc(OCc3ccc(Cl)cn3)s2)cc1C. The summed E-state index contributed by atoms with van der Waals surface area (Å²) < 4.78 is 13.2. The summed E-state index contributed by atoms with van der Waals surface area (Å²) in [6.45, 7) is 6.07. The van der Waals surface area contributed by atoms with Gasteiger partial charge in [0.05, 0.1) is 29.1 Å². The zero-order chi connectivity index (χ0) is 29.5. The van der Waals surface area contributed by atoms with Gasteiger partial charge in [0.2, 0.25) is 5.13 Å². The van der Waals surface area contributed by atoms with E-state index >= 15 is 0 Å². The van der Waals surface area contributed by atoms with Crippen molar-refractivity contribution in [1.82, 2.24) is 20.2 Å². The van der Waals surface area contributed by atoms with E-state index in [2.05, 4.69) is 27.1 Å². The van der Waals surface area contributed by atoms with E-state index in [1.807, 2.05) is 65.8 Å². The molecule has 0 spiro atoms. The fourth-order valence-electron chi connectivity index (χ4n) is 3.92. The number of amides is 1. The third-order valence-corrected chi connectivity index (χ3v) is 7.85. The van der Waals surface area contributed by atoms with Gasteiger partial charge < -0.3 is 9.47 Å². The van der Waals surface area contributed by atoms with Crippen molar-refractivity contribution in [2.75, 3.05) is 16.7 Å². The molecule has 0 aliphatic rings. The number of aromatic nitrogens is 4. The van der Waals surface area contributed by atoms with E-state index in [-0.39, 0.29) is 16.9 Å². The number of pyridine rings is 2. The van der Waals surface area contributed by atoms with E-state index in [9.17, 15) is 4.79 Å². The minimum absolute atomic E-state index is 0.184. The first-order valence-corrected chi connectivity index (χ1v) is 14.6. The molecule has 9 nitrogen and oxygen atoms in total. The summed E-state index contributed by atoms with van der Waals surface area (Å²) in [5.41, 5.74) is 2.91. The van der Waals surface area contributed by atoms with Gasteiger partial charge in [0.25, 0.3) is 11.1 Å². The Balaban J connectivity index is 1.44. The summed E-state index contributed by atoms with van der Waals surface area (Å²) in [5.74, 6) is 0.817. The van der Waals surface area contributed by atoms with Crippen molar-refractivity contribution in [3.05, 3.63) is 114 Å². The second-order valence-electron chi connectivity index (χ2n) is 8.72. The highest BCUT2D eigenvalue weighted by Gasteiger charge is 2.23. The lowest BCUT2D eigenvalue weighted by Crippen LogP contribution is -2.17. The minimum atomic E-state index is -0.402. The van der Waals surface area contributed by atoms with Crippen LogP contribution in [-0.4, -0.2) is 33.2 Å². The molecule has 0 aliphatic heterocycles. The molecule has 1 N–H and O–H groups in total. The van der Waals surface area contributed by atoms with Gasteiger partial charge in [-0.25, -0.2) is 4.98 Å². The van der Waals surface area contributed by atoms with E-state index in [4.69, 9.17) is 26.1 Å². The summed E-state index contributed by atoms with van der Waals surface area (Å²) in [5, 5.41) is 12.0. The Morgan fingerprint density at radius 1 is 1.12 bits per heavy atom. The Hall–Kier alpha value is -4.45. The summed E-state index contributed by atoms with van der Waals surface area (Å²) >= 11 is 8.47. The van der Waals surface area contributed by atoms with Crippen LogP contribution in [0.5, 0.6) is 10.9 Å². The molecule has 0 fully saturated rings. The summed E-state index contributed by atoms with van der Waals surface area (Å²) in [4.78, 5) is 23.9. The van der Waals surface area contributed by atoms with E-state index in [0.29, 0.717) is 39.1 Å². The molecule has 0 atom stereocenters. The zero-order valence-electron chi connectivity index (χ0n) is 22.7. The smallest absolute Gasteiger partial charge is 0.296 e. The van der Waals surface area contributed by atoms with Gasteiger partial charge in [-0.05, 0) is 78.2 Å². The van der Waals surface area contributed by atoms with Crippen molar-refractivity contribution < 1.29 is 14.3 Å². The standard InChI is InChI=1S/C30H25ClN6O3S2/c1-4-37(42-22-10-6-5-7-11-22)27-19(2)16-24(26(33-27)23-12-8-9-13-25(23)39-3)28(38)34-29-35-36-30(41-29)40-18-21-15-14-20(31)17-32-21/h4-17H,1,18H2,2-3H3,(H,34,35,38). The van der Waals surface area contributed by atoms with Gasteiger partial charge in [-0.2, -0.15) is 0 Å². The van der Waals surface area contributed by atoms with Gasteiger partial charge >= 0.3 is 0 Å². The van der Waals surface area contributed by atoms with Gasteiger partial charge in [-0.15, -0.1) is 5.10 Å². The van der Waals surface area contributed by atoms with Gasteiger partial charge in [0.15, 0.2) is 0 Å². The number of ether oxygens (including phenoxy) is 2. The maximum atomic E-state index is 13.7. The number of para-hydroxylation sites is 1. The van der Waals surface area contributed by atoms with Crippen molar-refractivity contribution in [3.63, 3.8) is 0 Å². The minimum Gasteiger partial charge on any atom is -0.496 e. The molecule has 0 radical (unpaired) electrons. The molecule has 5 rings (SSSR count). The normalized spacial score (nSPS) is 10.6. The van der Waals surface area contributed by atoms with Crippen LogP contribution in [0.1, 0.15) is 21.6 Å². The number of halogens is 1. The fraction of sp³-hybridized carbons (Fsp3) is 0.100. The van der Waals surface area contributed by atoms with Crippen molar-refractivity contribution in [2.24, 2.45) is 0 Å². The van der Waals surface area contributed by atoms with Crippen LogP contribution in [0.25, 0.3) is 11.3 Å². The predicted octanol–water partition coefficient (Wildman–Crippen LogP) is 7.45. The molecule has 3 aromatic heterocycles. The number of rotatable bonds is 11. The lowest BCUT2D eigenvalue weighted by Gasteiger charge is -2.22. The summed E-state index contributed by atoms with van der Waals surface area (Å²) in [7, 11) is 1.58. The van der Waals surface area contributed by atoms with Gasteiger partial charge in [0, 0.05) is 22.9 Å². The lowest BCUT2D eigenvalue weighted by molar-refractivity contribution is 0.102. The first-order chi connectivity index (χ1) is 20.4. The number of benzene rings is 2. The number of carbonyl (C=O) groups excluding carboxylic acids is 1. The molecule has 0 saturated carbocycles. The molecule has 0 aliphatic carbocycles. The van der Waals surface area contributed by atoms with Crippen LogP contribution in [0.3, 0.4) is 0 Å². The number of hydrogen-bond donors (Lipinski definition) is 1. The highest BCUT2D eigenvalue weighted by Crippen LogP contribution is 2.37. The number of anilines is 2. The topological polar surface area (TPSA) is 102 Å². The van der Waals surface area contributed by atoms with E-state index in [1.165, 1.54) is 11.9 Å². The zero-order valence-corrected chi connectivity index (χ0v) is 25.0. The summed E-state index contributed by atoms with van der Waals surface area (Å²) in [6, 6.07) is 22.6. The van der Waals surface area contributed by atoms with Crippen molar-refractivity contribution in [3.8, 4) is 22.2 Å². The second kappa shape index (κ2) is 13.5. The van der Waals surface area contributed by atoms with Gasteiger partial charge in [0.1, 0.15) is 18.2 Å². The van der Waals surface area contributed by atoms with Crippen LogP contribution in [0, 0.1) is 6.92 Å². The first kappa shape index (κ1) is 29.1. The lowest BCUT2D eigenvalue weighted by atomic mass is 10.0. The quantitative estimate of drug-likeness (QED) is 0.152. The van der Waals surface area contributed by atoms with E-state index in [0.717, 1.165) is 21.8 Å². The summed E-state index contributed by atoms with van der Waals surface area (Å²) in [6.07, 6.45) is 3.24. The highest BCUT2D eigenvalue weighted by atomic mass is 35.5. The van der Waals surface area contributed by atoms with Crippen molar-refractivity contribution in [2.45, 2.75) is 18.4 Å². The second-order valence-corrected chi connectivity index (χ2v) is 11.1. The molecule has 0 bridgehead atoms. The fourth-order valence-corrected chi connectivity index (χ4v) is 5.47. The Labute approximate surface area is 256 Å². The molecule has 1 amide bonds. The maximum Gasteiger partial charge on any atom is 0.296 e. The van der Waals surface area contributed by atoms with Crippen LogP contribution in [0.4, 0.5) is 10.9 Å². The number of aryl methyl sites for hydroxylation is 1. The molecule has 0 unspecified atom stereocenters. The average molecular weight is 617 g/mol. The molecule has 0 saturated heterocycles. The number of nitrogens with one attached hydrogen (secondary N) is 1. The molecule has 42 heavy (non-hydrogen) atoms. The van der Waals surface area contributed by atoms with Crippen LogP contribution in [0.2, 0.25) is 5.02 Å². The first-order valence-electron chi connectivity index (χ1n) is 12.6. The van der Waals surface area contributed by atoms with Crippen LogP contribution < -0.4 is 19.1 Å².